The number of ether oxygens (including phenoxy) is 2. The Bertz CT molecular complexity index is 1420. The zero-order valence-corrected chi connectivity index (χ0v) is 21.0. The molecule has 1 saturated carbocycles. The summed E-state index contributed by atoms with van der Waals surface area (Å²) in [5.41, 5.74) is 0.142. The SMILES string of the molecule is CC(=O)Oc1nc(NC(=O)C(Oc2ccc(F)cc2F)c2ccc(S(=O)(=O)C3CCCC3)cc2)sc1F. The molecule has 1 amide bonds. The van der Waals surface area contributed by atoms with Crippen LogP contribution in [0.15, 0.2) is 47.4 Å². The molecule has 13 heteroatoms. The zero-order chi connectivity index (χ0) is 26.7. The number of nitrogens with one attached hydrogen (secondary N) is 1. The van der Waals surface area contributed by atoms with Gasteiger partial charge in [-0.1, -0.05) is 36.3 Å². The summed E-state index contributed by atoms with van der Waals surface area (Å²) in [6.45, 7) is 1.05. The molecular weight excluding hydrogens is 533 g/mol. The molecular formula is C24H21F3N2O6S2. The number of carbonyl (C=O) groups excluding carboxylic acids is 2. The van der Waals surface area contributed by atoms with Gasteiger partial charge in [0.05, 0.1) is 10.1 Å². The number of aromatic nitrogens is 1. The van der Waals surface area contributed by atoms with Crippen molar-refractivity contribution >= 4 is 38.2 Å². The first-order valence-electron chi connectivity index (χ1n) is 11.2. The topological polar surface area (TPSA) is 112 Å². The summed E-state index contributed by atoms with van der Waals surface area (Å²) >= 11 is 0.383. The fourth-order valence-corrected chi connectivity index (χ4v) is 6.38. The van der Waals surface area contributed by atoms with Gasteiger partial charge in [0, 0.05) is 18.6 Å². The maximum atomic E-state index is 14.3. The summed E-state index contributed by atoms with van der Waals surface area (Å²) < 4.78 is 77.6. The Morgan fingerprint density at radius 3 is 2.38 bits per heavy atom. The third kappa shape index (κ3) is 6.10. The monoisotopic (exact) mass is 554 g/mol. The lowest BCUT2D eigenvalue weighted by Gasteiger charge is -2.19. The summed E-state index contributed by atoms with van der Waals surface area (Å²) in [5.74, 6) is -4.74. The third-order valence-electron chi connectivity index (χ3n) is 5.66. The number of carbonyl (C=O) groups is 2. The molecule has 2 aromatic carbocycles. The molecule has 8 nitrogen and oxygen atoms in total. The van der Waals surface area contributed by atoms with Gasteiger partial charge >= 0.3 is 5.97 Å². The highest BCUT2D eigenvalue weighted by atomic mass is 32.2. The van der Waals surface area contributed by atoms with Crippen molar-refractivity contribution < 1.29 is 40.7 Å². The van der Waals surface area contributed by atoms with Crippen molar-refractivity contribution in [1.82, 2.24) is 4.98 Å². The standard InChI is InChI=1S/C24H21F3N2O6S2/c1-13(30)34-23-21(27)36-24(29-23)28-22(31)20(35-19-11-8-15(25)12-18(19)26)14-6-9-17(10-7-14)37(32,33)16-4-2-3-5-16/h6-12,16,20H,2-5H2,1H3,(H,28,29,31). The van der Waals surface area contributed by atoms with Crippen LogP contribution in [0.4, 0.5) is 18.3 Å². The van der Waals surface area contributed by atoms with Gasteiger partial charge in [-0.15, -0.1) is 0 Å². The molecule has 0 bridgehead atoms. The third-order valence-corrected chi connectivity index (χ3v) is 8.68. The Balaban J connectivity index is 1.63. The van der Waals surface area contributed by atoms with Gasteiger partial charge in [0.1, 0.15) is 5.82 Å². The second-order valence-corrected chi connectivity index (χ2v) is 11.5. The van der Waals surface area contributed by atoms with E-state index in [0.717, 1.165) is 31.9 Å². The number of sulfone groups is 1. The first-order valence-corrected chi connectivity index (χ1v) is 13.5. The quantitative estimate of drug-likeness (QED) is 0.392. The van der Waals surface area contributed by atoms with E-state index in [-0.39, 0.29) is 15.6 Å². The highest BCUT2D eigenvalue weighted by Crippen LogP contribution is 2.33. The van der Waals surface area contributed by atoms with Crippen LogP contribution < -0.4 is 14.8 Å². The van der Waals surface area contributed by atoms with E-state index < -0.39 is 61.5 Å². The number of nitrogens with zero attached hydrogens (tertiary/aromatic N) is 1. The molecule has 1 N–H and O–H groups in total. The van der Waals surface area contributed by atoms with Crippen molar-refractivity contribution in [2.24, 2.45) is 0 Å². The average Bonchev–Trinajstić information content (AvgIpc) is 3.49. The lowest BCUT2D eigenvalue weighted by atomic mass is 10.1. The molecule has 1 aromatic heterocycles. The van der Waals surface area contributed by atoms with Crippen LogP contribution in [0.3, 0.4) is 0 Å². The van der Waals surface area contributed by atoms with Crippen LogP contribution in [-0.2, 0) is 19.4 Å². The van der Waals surface area contributed by atoms with Gasteiger partial charge in [-0.3, -0.25) is 14.9 Å². The number of anilines is 1. The predicted octanol–water partition coefficient (Wildman–Crippen LogP) is 4.96. The molecule has 37 heavy (non-hydrogen) atoms. The molecule has 196 valence electrons. The molecule has 4 rings (SSSR count). The van der Waals surface area contributed by atoms with E-state index in [0.29, 0.717) is 30.2 Å². The van der Waals surface area contributed by atoms with Gasteiger partial charge < -0.3 is 9.47 Å². The van der Waals surface area contributed by atoms with Gasteiger partial charge in [0.25, 0.3) is 11.8 Å². The van der Waals surface area contributed by atoms with Crippen LogP contribution in [0.25, 0.3) is 0 Å². The highest BCUT2D eigenvalue weighted by Gasteiger charge is 2.31. The van der Waals surface area contributed by atoms with Crippen LogP contribution in [0.5, 0.6) is 11.6 Å². The summed E-state index contributed by atoms with van der Waals surface area (Å²) in [7, 11) is -3.57. The Morgan fingerprint density at radius 2 is 1.76 bits per heavy atom. The summed E-state index contributed by atoms with van der Waals surface area (Å²) in [6, 6.07) is 7.85. The number of benzene rings is 2. The van der Waals surface area contributed by atoms with E-state index in [1.165, 1.54) is 24.3 Å². The van der Waals surface area contributed by atoms with Crippen molar-refractivity contribution in [2.45, 2.75) is 48.9 Å². The Labute approximate surface area is 214 Å². The molecule has 1 unspecified atom stereocenters. The molecule has 1 fully saturated rings. The minimum atomic E-state index is -3.57. The molecule has 1 aliphatic rings. The first kappa shape index (κ1) is 26.6. The minimum Gasteiger partial charge on any atom is -0.473 e. The van der Waals surface area contributed by atoms with E-state index in [1.54, 1.807) is 0 Å². The molecule has 0 saturated heterocycles. The Hall–Kier alpha value is -3.45. The zero-order valence-electron chi connectivity index (χ0n) is 19.4. The number of thiazole rings is 1. The van der Waals surface area contributed by atoms with Crippen molar-refractivity contribution in [3.05, 3.63) is 64.8 Å². The second-order valence-electron chi connectivity index (χ2n) is 8.27. The normalized spacial score (nSPS) is 14.8. The molecule has 1 aliphatic carbocycles. The van der Waals surface area contributed by atoms with Crippen molar-refractivity contribution in [1.29, 1.82) is 0 Å². The summed E-state index contributed by atoms with van der Waals surface area (Å²) in [6.07, 6.45) is 1.24. The van der Waals surface area contributed by atoms with E-state index in [9.17, 15) is 31.2 Å². The van der Waals surface area contributed by atoms with Crippen LogP contribution in [-0.4, -0.2) is 30.5 Å². The van der Waals surface area contributed by atoms with Crippen molar-refractivity contribution in [3.63, 3.8) is 0 Å². The smallest absolute Gasteiger partial charge is 0.309 e. The van der Waals surface area contributed by atoms with Crippen LogP contribution in [0.2, 0.25) is 0 Å². The molecule has 0 radical (unpaired) electrons. The number of hydrogen-bond acceptors (Lipinski definition) is 8. The molecule has 0 spiro atoms. The highest BCUT2D eigenvalue weighted by molar-refractivity contribution is 7.92. The van der Waals surface area contributed by atoms with Gasteiger partial charge in [0.15, 0.2) is 26.5 Å². The number of halogens is 3. The average molecular weight is 555 g/mol. The Kier molecular flexibility index (Phi) is 7.83. The van der Waals surface area contributed by atoms with Crippen LogP contribution in [0.1, 0.15) is 44.3 Å². The van der Waals surface area contributed by atoms with Crippen molar-refractivity contribution in [3.8, 4) is 11.6 Å². The van der Waals surface area contributed by atoms with Gasteiger partial charge in [-0.2, -0.15) is 9.37 Å². The second kappa shape index (κ2) is 10.9. The fourth-order valence-electron chi connectivity index (χ4n) is 3.91. The van der Waals surface area contributed by atoms with E-state index in [2.05, 4.69) is 15.0 Å². The molecule has 0 aliphatic heterocycles. The minimum absolute atomic E-state index is 0.0725. The lowest BCUT2D eigenvalue weighted by Crippen LogP contribution is -2.26. The van der Waals surface area contributed by atoms with E-state index in [1.807, 2.05) is 0 Å². The van der Waals surface area contributed by atoms with Gasteiger partial charge in [0.2, 0.25) is 11.2 Å². The van der Waals surface area contributed by atoms with E-state index in [4.69, 9.17) is 4.74 Å². The summed E-state index contributed by atoms with van der Waals surface area (Å²) in [4.78, 5) is 28.0. The first-order chi connectivity index (χ1) is 17.5. The van der Waals surface area contributed by atoms with Gasteiger partial charge in [-0.05, 0) is 37.1 Å². The molecule has 3 aromatic rings. The largest absolute Gasteiger partial charge is 0.473 e. The molecule has 1 heterocycles. The van der Waals surface area contributed by atoms with Crippen molar-refractivity contribution in [2.75, 3.05) is 5.32 Å². The van der Waals surface area contributed by atoms with Crippen LogP contribution in [0, 0.1) is 16.8 Å². The Morgan fingerprint density at radius 1 is 1.08 bits per heavy atom. The predicted molar refractivity (Wildman–Crippen MR) is 128 cm³/mol. The van der Waals surface area contributed by atoms with Crippen LogP contribution >= 0.6 is 11.3 Å². The maximum absolute atomic E-state index is 14.3. The van der Waals surface area contributed by atoms with E-state index >= 15 is 0 Å². The number of hydrogen-bond donors (Lipinski definition) is 1. The molecule has 1 atom stereocenters. The lowest BCUT2D eigenvalue weighted by molar-refractivity contribution is -0.132. The number of amides is 1. The van der Waals surface area contributed by atoms with Gasteiger partial charge in [-0.25, -0.2) is 17.2 Å². The number of esters is 1. The maximum Gasteiger partial charge on any atom is 0.309 e. The summed E-state index contributed by atoms with van der Waals surface area (Å²) in [5, 5.41) is 0.600. The number of rotatable bonds is 8. The fraction of sp³-hybridized carbons (Fsp3) is 0.292.